The number of hydrogen-bond acceptors (Lipinski definition) is 1. The van der Waals surface area contributed by atoms with E-state index in [0.29, 0.717) is 0 Å². The zero-order valence-electron chi connectivity index (χ0n) is 9.14. The van der Waals surface area contributed by atoms with Crippen molar-refractivity contribution in [1.29, 1.82) is 0 Å². The fraction of sp³-hybridized carbons (Fsp3) is 1.00. The third kappa shape index (κ3) is 1.38. The summed E-state index contributed by atoms with van der Waals surface area (Å²) in [6, 6.07) is 1.30. The first kappa shape index (κ1) is 9.72. The van der Waals surface area contributed by atoms with Gasteiger partial charge in [0.1, 0.15) is 0 Å². The minimum atomic E-state index is -1.35. The van der Waals surface area contributed by atoms with E-state index >= 15 is 0 Å². The number of aliphatic hydroxyl groups is 1. The van der Waals surface area contributed by atoms with Crippen molar-refractivity contribution in [3.8, 4) is 0 Å². The standard InChI is InChI=1S/C11H22OSi/c1-4-13(9-5-6-9,10-7-8-10)11(2,3)12/h9-10,12H,4-8H2,1-3H3. The Labute approximate surface area is 82.6 Å². The van der Waals surface area contributed by atoms with Gasteiger partial charge in [-0.25, -0.2) is 0 Å². The predicted octanol–water partition coefficient (Wildman–Crippen LogP) is 3.09. The van der Waals surface area contributed by atoms with Crippen molar-refractivity contribution in [3.63, 3.8) is 0 Å². The van der Waals surface area contributed by atoms with Gasteiger partial charge < -0.3 is 5.11 Å². The second-order valence-electron chi connectivity index (χ2n) is 5.50. The van der Waals surface area contributed by atoms with E-state index in [1.165, 1.54) is 31.7 Å². The van der Waals surface area contributed by atoms with E-state index in [2.05, 4.69) is 20.8 Å². The molecule has 2 aliphatic carbocycles. The Balaban J connectivity index is 2.25. The second kappa shape index (κ2) is 2.83. The van der Waals surface area contributed by atoms with Crippen LogP contribution in [0.5, 0.6) is 0 Å². The van der Waals surface area contributed by atoms with Crippen LogP contribution in [0.2, 0.25) is 17.1 Å². The summed E-state index contributed by atoms with van der Waals surface area (Å²) in [6.07, 6.45) is 5.67. The van der Waals surface area contributed by atoms with Gasteiger partial charge in [0.15, 0.2) is 0 Å². The molecule has 2 rings (SSSR count). The molecular weight excluding hydrogens is 176 g/mol. The Kier molecular flexibility index (Phi) is 2.12. The van der Waals surface area contributed by atoms with Crippen molar-refractivity contribution in [2.75, 3.05) is 0 Å². The first-order valence-corrected chi connectivity index (χ1v) is 8.11. The molecule has 0 aromatic heterocycles. The van der Waals surface area contributed by atoms with Crippen LogP contribution in [0.4, 0.5) is 0 Å². The zero-order chi connectivity index (χ0) is 9.69. The fourth-order valence-corrected chi connectivity index (χ4v) is 10.6. The van der Waals surface area contributed by atoms with Gasteiger partial charge >= 0.3 is 0 Å². The highest BCUT2D eigenvalue weighted by Crippen LogP contribution is 2.63. The summed E-state index contributed by atoms with van der Waals surface area (Å²) in [5, 5.41) is 10.1. The molecule has 0 spiro atoms. The number of hydrogen-bond donors (Lipinski definition) is 1. The van der Waals surface area contributed by atoms with E-state index < -0.39 is 8.07 Å². The maximum Gasteiger partial charge on any atom is 0.0962 e. The molecule has 0 saturated heterocycles. The van der Waals surface area contributed by atoms with E-state index in [1.54, 1.807) is 0 Å². The maximum atomic E-state index is 10.4. The van der Waals surface area contributed by atoms with E-state index in [0.717, 1.165) is 11.1 Å². The Morgan fingerprint density at radius 2 is 1.54 bits per heavy atom. The van der Waals surface area contributed by atoms with E-state index in [9.17, 15) is 5.11 Å². The van der Waals surface area contributed by atoms with Crippen LogP contribution in [0, 0.1) is 0 Å². The van der Waals surface area contributed by atoms with Gasteiger partial charge in [-0.1, -0.05) is 38.7 Å². The van der Waals surface area contributed by atoms with Crippen molar-refractivity contribution < 1.29 is 5.11 Å². The fourth-order valence-electron chi connectivity index (χ4n) is 3.54. The lowest BCUT2D eigenvalue weighted by molar-refractivity contribution is 0.152. The molecule has 0 bridgehead atoms. The summed E-state index contributed by atoms with van der Waals surface area (Å²) in [5.74, 6) is 0. The highest BCUT2D eigenvalue weighted by atomic mass is 28.3. The third-order valence-corrected chi connectivity index (χ3v) is 11.9. The van der Waals surface area contributed by atoms with Gasteiger partial charge in [-0.2, -0.15) is 0 Å². The zero-order valence-corrected chi connectivity index (χ0v) is 10.1. The van der Waals surface area contributed by atoms with Crippen LogP contribution in [-0.4, -0.2) is 18.4 Å². The van der Waals surface area contributed by atoms with Crippen LogP contribution in [-0.2, 0) is 0 Å². The van der Waals surface area contributed by atoms with Crippen molar-refractivity contribution in [2.45, 2.75) is 68.8 Å². The number of rotatable bonds is 4. The van der Waals surface area contributed by atoms with Gasteiger partial charge in [-0.3, -0.25) is 0 Å². The third-order valence-electron chi connectivity index (χ3n) is 4.34. The van der Waals surface area contributed by atoms with Crippen LogP contribution in [0.15, 0.2) is 0 Å². The van der Waals surface area contributed by atoms with Crippen LogP contribution in [0.3, 0.4) is 0 Å². The Morgan fingerprint density at radius 3 is 1.69 bits per heavy atom. The molecule has 1 N–H and O–H groups in total. The minimum Gasteiger partial charge on any atom is -0.394 e. The summed E-state index contributed by atoms with van der Waals surface area (Å²) in [5.41, 5.74) is 1.93. The molecule has 2 saturated carbocycles. The lowest BCUT2D eigenvalue weighted by atomic mass is 10.5. The minimum absolute atomic E-state index is 0.329. The Hall–Kier alpha value is 0.177. The van der Waals surface area contributed by atoms with Gasteiger partial charge in [-0.15, -0.1) is 0 Å². The lowest BCUT2D eigenvalue weighted by Crippen LogP contribution is -2.55. The molecular formula is C11H22OSi. The molecule has 2 aliphatic rings. The quantitative estimate of drug-likeness (QED) is 0.688. The van der Waals surface area contributed by atoms with Crippen molar-refractivity contribution in [1.82, 2.24) is 0 Å². The highest BCUT2D eigenvalue weighted by Gasteiger charge is 2.61. The maximum absolute atomic E-state index is 10.4. The van der Waals surface area contributed by atoms with Gasteiger partial charge in [-0.05, 0) is 24.9 Å². The van der Waals surface area contributed by atoms with E-state index in [1.807, 2.05) is 0 Å². The topological polar surface area (TPSA) is 20.2 Å². The van der Waals surface area contributed by atoms with Crippen LogP contribution >= 0.6 is 0 Å². The van der Waals surface area contributed by atoms with Gasteiger partial charge in [0.25, 0.3) is 0 Å². The first-order valence-electron chi connectivity index (χ1n) is 5.74. The molecule has 0 radical (unpaired) electrons. The molecule has 0 aromatic rings. The molecule has 0 unspecified atom stereocenters. The molecule has 0 atom stereocenters. The Morgan fingerprint density at radius 1 is 1.15 bits per heavy atom. The second-order valence-corrected chi connectivity index (χ2v) is 11.1. The smallest absolute Gasteiger partial charge is 0.0962 e. The summed E-state index contributed by atoms with van der Waals surface area (Å²) in [7, 11) is -1.35. The van der Waals surface area contributed by atoms with Crippen LogP contribution < -0.4 is 0 Å². The molecule has 0 heterocycles. The first-order chi connectivity index (χ1) is 6.02. The largest absolute Gasteiger partial charge is 0.394 e. The van der Waals surface area contributed by atoms with Gasteiger partial charge in [0, 0.05) is 0 Å². The van der Waals surface area contributed by atoms with E-state index in [-0.39, 0.29) is 5.22 Å². The molecule has 2 heteroatoms. The molecule has 13 heavy (non-hydrogen) atoms. The summed E-state index contributed by atoms with van der Waals surface area (Å²) < 4.78 is 0. The predicted molar refractivity (Wildman–Crippen MR) is 58.5 cm³/mol. The SMILES string of the molecule is CC[Si](C1CC1)(C1CC1)C(C)(C)O. The summed E-state index contributed by atoms with van der Waals surface area (Å²) >= 11 is 0. The van der Waals surface area contributed by atoms with Gasteiger partial charge in [0.05, 0.1) is 13.3 Å². The Bertz CT molecular complexity index is 187. The lowest BCUT2D eigenvalue weighted by Gasteiger charge is -2.42. The van der Waals surface area contributed by atoms with E-state index in [4.69, 9.17) is 0 Å². The normalized spacial score (nSPS) is 24.9. The van der Waals surface area contributed by atoms with Crippen molar-refractivity contribution in [2.24, 2.45) is 0 Å². The monoisotopic (exact) mass is 198 g/mol. The summed E-state index contributed by atoms with van der Waals surface area (Å²) in [4.78, 5) is 0. The molecule has 2 fully saturated rings. The molecule has 0 aliphatic heterocycles. The van der Waals surface area contributed by atoms with Gasteiger partial charge in [0.2, 0.25) is 0 Å². The average molecular weight is 198 g/mol. The van der Waals surface area contributed by atoms with Crippen LogP contribution in [0.1, 0.15) is 46.5 Å². The molecule has 1 nitrogen and oxygen atoms in total. The van der Waals surface area contributed by atoms with Crippen molar-refractivity contribution >= 4 is 8.07 Å². The highest BCUT2D eigenvalue weighted by molar-refractivity contribution is 6.86. The summed E-state index contributed by atoms with van der Waals surface area (Å²) in [6.45, 7) is 6.49. The average Bonchev–Trinajstić information content (AvgIpc) is 2.81. The van der Waals surface area contributed by atoms with Crippen molar-refractivity contribution in [3.05, 3.63) is 0 Å². The molecule has 76 valence electrons. The molecule has 0 aromatic carbocycles. The molecule has 0 amide bonds. The van der Waals surface area contributed by atoms with Crippen LogP contribution in [0.25, 0.3) is 0 Å².